The van der Waals surface area contributed by atoms with Crippen LogP contribution >= 0.6 is 0 Å². The Bertz CT molecular complexity index is 305. The van der Waals surface area contributed by atoms with Crippen molar-refractivity contribution in [3.8, 4) is 0 Å². The number of urea groups is 1. The van der Waals surface area contributed by atoms with Crippen molar-refractivity contribution in [3.05, 3.63) is 0 Å². The van der Waals surface area contributed by atoms with E-state index < -0.39 is 0 Å². The molecular formula is C15H31N3O2. The van der Waals surface area contributed by atoms with Gasteiger partial charge in [-0.25, -0.2) is 4.79 Å². The van der Waals surface area contributed by atoms with E-state index in [2.05, 4.69) is 36.6 Å². The fourth-order valence-corrected chi connectivity index (χ4v) is 3.12. The van der Waals surface area contributed by atoms with Crippen LogP contribution in [0.15, 0.2) is 0 Å². The van der Waals surface area contributed by atoms with Crippen molar-refractivity contribution >= 4 is 6.03 Å². The molecule has 1 saturated carbocycles. The number of rotatable bonds is 6. The molecule has 0 saturated heterocycles. The summed E-state index contributed by atoms with van der Waals surface area (Å²) in [5.74, 6) is 0.705. The number of aliphatic hydroxyl groups excluding tert-OH is 1. The lowest BCUT2D eigenvalue weighted by atomic mass is 9.75. The molecule has 0 aromatic rings. The Morgan fingerprint density at radius 2 is 2.20 bits per heavy atom. The molecule has 2 amide bonds. The molecule has 3 atom stereocenters. The van der Waals surface area contributed by atoms with Gasteiger partial charge >= 0.3 is 6.03 Å². The molecule has 0 heterocycles. The van der Waals surface area contributed by atoms with Crippen molar-refractivity contribution in [1.29, 1.82) is 0 Å². The maximum absolute atomic E-state index is 11.9. The van der Waals surface area contributed by atoms with Crippen LogP contribution in [-0.4, -0.2) is 54.9 Å². The van der Waals surface area contributed by atoms with E-state index in [1.807, 2.05) is 6.92 Å². The second-order valence-electron chi connectivity index (χ2n) is 6.44. The van der Waals surface area contributed by atoms with E-state index in [1.54, 1.807) is 0 Å². The van der Waals surface area contributed by atoms with E-state index >= 15 is 0 Å². The van der Waals surface area contributed by atoms with Gasteiger partial charge < -0.3 is 20.6 Å². The summed E-state index contributed by atoms with van der Waals surface area (Å²) >= 11 is 0. The second-order valence-corrected chi connectivity index (χ2v) is 6.44. The summed E-state index contributed by atoms with van der Waals surface area (Å²) in [4.78, 5) is 14.2. The van der Waals surface area contributed by atoms with E-state index in [1.165, 1.54) is 12.8 Å². The molecule has 0 aromatic heterocycles. The average Bonchev–Trinajstić information content (AvgIpc) is 2.42. The summed E-state index contributed by atoms with van der Waals surface area (Å²) in [5, 5.41) is 14.9. The zero-order chi connectivity index (χ0) is 15.2. The number of likely N-dealkylation sites (N-methyl/N-ethyl adjacent to an activating group) is 1. The first kappa shape index (κ1) is 17.2. The predicted octanol–water partition coefficient (Wildman–Crippen LogP) is 1.57. The van der Waals surface area contributed by atoms with Gasteiger partial charge in [-0.15, -0.1) is 0 Å². The number of amides is 2. The number of carbonyl (C=O) groups is 1. The minimum atomic E-state index is -0.176. The van der Waals surface area contributed by atoms with Crippen LogP contribution < -0.4 is 10.6 Å². The molecule has 0 spiro atoms. The zero-order valence-corrected chi connectivity index (χ0v) is 13.4. The van der Waals surface area contributed by atoms with Crippen molar-refractivity contribution in [2.75, 3.05) is 27.2 Å². The molecule has 0 bridgehead atoms. The molecule has 1 aliphatic rings. The molecule has 3 unspecified atom stereocenters. The maximum atomic E-state index is 11.9. The van der Waals surface area contributed by atoms with E-state index in [-0.39, 0.29) is 24.2 Å². The predicted molar refractivity (Wildman–Crippen MR) is 81.7 cm³/mol. The third kappa shape index (κ3) is 4.63. The molecule has 0 aromatic carbocycles. The van der Waals surface area contributed by atoms with Gasteiger partial charge in [0.2, 0.25) is 0 Å². The van der Waals surface area contributed by atoms with Crippen LogP contribution in [0, 0.1) is 5.92 Å². The molecule has 1 fully saturated rings. The Labute approximate surface area is 123 Å². The van der Waals surface area contributed by atoms with Crippen molar-refractivity contribution in [2.24, 2.45) is 5.92 Å². The van der Waals surface area contributed by atoms with E-state index in [9.17, 15) is 4.79 Å². The van der Waals surface area contributed by atoms with Gasteiger partial charge in [0.15, 0.2) is 0 Å². The van der Waals surface area contributed by atoms with Gasteiger partial charge in [0.05, 0.1) is 12.6 Å². The standard InChI is InChI=1S/C15H31N3O2/c1-5-13(10-19)17-14(20)16-11-15(18(3)4)8-6-7-12(2)9-15/h12-13,19H,5-11H2,1-4H3,(H2,16,17,20). The minimum absolute atomic E-state index is 0.0141. The van der Waals surface area contributed by atoms with Crippen LogP contribution in [0.2, 0.25) is 0 Å². The van der Waals surface area contributed by atoms with Gasteiger partial charge in [-0.1, -0.05) is 26.7 Å². The summed E-state index contributed by atoms with van der Waals surface area (Å²) in [7, 11) is 4.19. The molecule has 1 rings (SSSR count). The monoisotopic (exact) mass is 285 g/mol. The van der Waals surface area contributed by atoms with E-state index in [0.29, 0.717) is 12.5 Å². The van der Waals surface area contributed by atoms with Gasteiger partial charge in [0, 0.05) is 12.1 Å². The average molecular weight is 285 g/mol. The topological polar surface area (TPSA) is 64.6 Å². The van der Waals surface area contributed by atoms with Crippen LogP contribution in [0.5, 0.6) is 0 Å². The largest absolute Gasteiger partial charge is 0.394 e. The lowest BCUT2D eigenvalue weighted by Crippen LogP contribution is -2.57. The fourth-order valence-electron chi connectivity index (χ4n) is 3.12. The van der Waals surface area contributed by atoms with Crippen molar-refractivity contribution < 1.29 is 9.90 Å². The number of carbonyl (C=O) groups excluding carboxylic acids is 1. The Balaban J connectivity index is 2.53. The molecule has 1 aliphatic carbocycles. The molecule has 20 heavy (non-hydrogen) atoms. The van der Waals surface area contributed by atoms with Gasteiger partial charge in [-0.05, 0) is 39.3 Å². The van der Waals surface area contributed by atoms with Gasteiger partial charge in [0.1, 0.15) is 0 Å². The number of nitrogens with zero attached hydrogens (tertiary/aromatic N) is 1. The first-order chi connectivity index (χ1) is 9.43. The van der Waals surface area contributed by atoms with Crippen LogP contribution in [0.1, 0.15) is 46.0 Å². The van der Waals surface area contributed by atoms with Gasteiger partial charge in [-0.3, -0.25) is 0 Å². The minimum Gasteiger partial charge on any atom is -0.394 e. The van der Waals surface area contributed by atoms with E-state index in [4.69, 9.17) is 5.11 Å². The highest BCUT2D eigenvalue weighted by Crippen LogP contribution is 2.35. The third-order valence-electron chi connectivity index (χ3n) is 4.64. The smallest absolute Gasteiger partial charge is 0.315 e. The SMILES string of the molecule is CCC(CO)NC(=O)NCC1(N(C)C)CCCC(C)C1. The molecule has 5 heteroatoms. The number of nitrogens with one attached hydrogen (secondary N) is 2. The molecule has 5 nitrogen and oxygen atoms in total. The molecule has 118 valence electrons. The zero-order valence-electron chi connectivity index (χ0n) is 13.4. The third-order valence-corrected chi connectivity index (χ3v) is 4.64. The quantitative estimate of drug-likeness (QED) is 0.694. The van der Waals surface area contributed by atoms with E-state index in [0.717, 1.165) is 19.3 Å². The normalized spacial score (nSPS) is 28.2. The van der Waals surface area contributed by atoms with Crippen LogP contribution in [0.4, 0.5) is 4.79 Å². The number of aliphatic hydroxyl groups is 1. The Kier molecular flexibility index (Phi) is 6.76. The van der Waals surface area contributed by atoms with Gasteiger partial charge in [-0.2, -0.15) is 0 Å². The molecular weight excluding hydrogens is 254 g/mol. The molecule has 0 aliphatic heterocycles. The Morgan fingerprint density at radius 3 is 2.70 bits per heavy atom. The molecule has 0 radical (unpaired) electrons. The molecule has 3 N–H and O–H groups in total. The maximum Gasteiger partial charge on any atom is 0.315 e. The summed E-state index contributed by atoms with van der Waals surface area (Å²) in [6.45, 7) is 4.89. The van der Waals surface area contributed by atoms with Crippen molar-refractivity contribution in [1.82, 2.24) is 15.5 Å². The highest BCUT2D eigenvalue weighted by molar-refractivity contribution is 5.74. The van der Waals surface area contributed by atoms with Crippen LogP contribution in [0.25, 0.3) is 0 Å². The van der Waals surface area contributed by atoms with Crippen LogP contribution in [0.3, 0.4) is 0 Å². The summed E-state index contributed by atoms with van der Waals surface area (Å²) in [5.41, 5.74) is 0.0654. The van der Waals surface area contributed by atoms with Gasteiger partial charge in [0.25, 0.3) is 0 Å². The Hall–Kier alpha value is -0.810. The summed E-state index contributed by atoms with van der Waals surface area (Å²) in [6, 6.07) is -0.332. The van der Waals surface area contributed by atoms with Crippen molar-refractivity contribution in [3.63, 3.8) is 0 Å². The lowest BCUT2D eigenvalue weighted by Gasteiger charge is -2.45. The first-order valence-corrected chi connectivity index (χ1v) is 7.76. The van der Waals surface area contributed by atoms with Crippen LogP contribution in [-0.2, 0) is 0 Å². The summed E-state index contributed by atoms with van der Waals surface area (Å²) in [6.07, 6.45) is 5.49. The number of hydrogen-bond acceptors (Lipinski definition) is 3. The highest BCUT2D eigenvalue weighted by Gasteiger charge is 2.37. The van der Waals surface area contributed by atoms with Crippen molar-refractivity contribution in [2.45, 2.75) is 57.5 Å². The Morgan fingerprint density at radius 1 is 1.50 bits per heavy atom. The number of hydrogen-bond donors (Lipinski definition) is 3. The summed E-state index contributed by atoms with van der Waals surface area (Å²) < 4.78 is 0. The highest BCUT2D eigenvalue weighted by atomic mass is 16.3. The first-order valence-electron chi connectivity index (χ1n) is 7.76. The lowest BCUT2D eigenvalue weighted by molar-refractivity contribution is 0.0770. The second kappa shape index (κ2) is 7.84. The fraction of sp³-hybridized carbons (Fsp3) is 0.933.